The summed E-state index contributed by atoms with van der Waals surface area (Å²) in [4.78, 5) is 15.1. The van der Waals surface area contributed by atoms with Gasteiger partial charge in [-0.2, -0.15) is 0 Å². The Balaban J connectivity index is 0.00000133. The van der Waals surface area contributed by atoms with Crippen LogP contribution >= 0.6 is 12.4 Å². The average molecular weight is 287 g/mol. The van der Waals surface area contributed by atoms with Gasteiger partial charge in [0.1, 0.15) is 0 Å². The molecule has 0 aromatic carbocycles. The summed E-state index contributed by atoms with van der Waals surface area (Å²) < 4.78 is 0. The van der Waals surface area contributed by atoms with E-state index in [-0.39, 0.29) is 18.3 Å². The SMILES string of the molecule is CC(C1CC1)N(C(=O)[C@@H]1CCC[C@@H]1CN)C1CC1.Cl. The number of halogens is 1. The third-order valence-electron chi connectivity index (χ3n) is 5.22. The highest BCUT2D eigenvalue weighted by Crippen LogP contribution is 2.42. The van der Waals surface area contributed by atoms with Gasteiger partial charge in [0.05, 0.1) is 0 Å². The van der Waals surface area contributed by atoms with E-state index in [2.05, 4.69) is 11.8 Å². The Hall–Kier alpha value is -0.280. The van der Waals surface area contributed by atoms with Gasteiger partial charge in [0.25, 0.3) is 0 Å². The van der Waals surface area contributed by atoms with Crippen molar-refractivity contribution in [2.45, 2.75) is 64.0 Å². The van der Waals surface area contributed by atoms with Crippen LogP contribution in [0.4, 0.5) is 0 Å². The molecule has 3 fully saturated rings. The van der Waals surface area contributed by atoms with E-state index in [0.717, 1.165) is 18.8 Å². The molecule has 2 N–H and O–H groups in total. The molecular weight excluding hydrogens is 260 g/mol. The monoisotopic (exact) mass is 286 g/mol. The molecule has 0 spiro atoms. The number of hydrogen-bond acceptors (Lipinski definition) is 2. The minimum absolute atomic E-state index is 0. The smallest absolute Gasteiger partial charge is 0.226 e. The van der Waals surface area contributed by atoms with E-state index in [9.17, 15) is 4.79 Å². The molecule has 0 saturated heterocycles. The van der Waals surface area contributed by atoms with Gasteiger partial charge in [-0.15, -0.1) is 12.4 Å². The summed E-state index contributed by atoms with van der Waals surface area (Å²) in [6.45, 7) is 2.95. The van der Waals surface area contributed by atoms with Gasteiger partial charge in [-0.25, -0.2) is 0 Å². The molecule has 0 radical (unpaired) electrons. The normalized spacial score (nSPS) is 31.7. The lowest BCUT2D eigenvalue weighted by atomic mass is 9.93. The second-order valence-corrected chi connectivity index (χ2v) is 6.59. The third kappa shape index (κ3) is 3.08. The molecule has 0 aromatic rings. The van der Waals surface area contributed by atoms with Crippen LogP contribution in [0.15, 0.2) is 0 Å². The number of nitrogens with two attached hydrogens (primary N) is 1. The fourth-order valence-electron chi connectivity index (χ4n) is 3.71. The molecule has 0 heterocycles. The lowest BCUT2D eigenvalue weighted by molar-refractivity contribution is -0.139. The Kier molecular flexibility index (Phi) is 4.78. The minimum Gasteiger partial charge on any atom is -0.336 e. The van der Waals surface area contributed by atoms with Crippen molar-refractivity contribution < 1.29 is 4.79 Å². The Bertz CT molecular complexity index is 328. The Morgan fingerprint density at radius 3 is 2.42 bits per heavy atom. The first-order valence-electron chi connectivity index (χ1n) is 7.74. The van der Waals surface area contributed by atoms with Crippen molar-refractivity contribution in [3.05, 3.63) is 0 Å². The first kappa shape index (κ1) is 15.1. The zero-order valence-corrected chi connectivity index (χ0v) is 12.7. The van der Waals surface area contributed by atoms with E-state index in [1.165, 1.54) is 32.1 Å². The molecule has 3 nitrogen and oxygen atoms in total. The third-order valence-corrected chi connectivity index (χ3v) is 5.22. The van der Waals surface area contributed by atoms with Gasteiger partial charge < -0.3 is 10.6 Å². The number of rotatable bonds is 5. The minimum atomic E-state index is 0. The first-order chi connectivity index (χ1) is 8.72. The van der Waals surface area contributed by atoms with Crippen molar-refractivity contribution in [1.82, 2.24) is 4.90 Å². The standard InChI is InChI=1S/C15H26N2O.ClH/c1-10(11-5-6-11)17(13-7-8-13)15(18)14-4-2-3-12(14)9-16;/h10-14H,2-9,16H2,1H3;1H/t10?,12-,14-;/m1./s1. The van der Waals surface area contributed by atoms with Crippen LogP contribution in [0, 0.1) is 17.8 Å². The van der Waals surface area contributed by atoms with Crippen LogP contribution in [0.3, 0.4) is 0 Å². The number of amides is 1. The summed E-state index contributed by atoms with van der Waals surface area (Å²) in [5, 5.41) is 0. The van der Waals surface area contributed by atoms with Crippen molar-refractivity contribution in [2.75, 3.05) is 6.54 Å². The Morgan fingerprint density at radius 2 is 1.89 bits per heavy atom. The summed E-state index contributed by atoms with van der Waals surface area (Å²) in [6, 6.07) is 1.04. The first-order valence-corrected chi connectivity index (χ1v) is 7.74. The molecule has 3 aliphatic rings. The number of carbonyl (C=O) groups is 1. The molecule has 3 rings (SSSR count). The van der Waals surface area contributed by atoms with Crippen LogP contribution < -0.4 is 5.73 Å². The molecule has 0 aliphatic heterocycles. The maximum atomic E-state index is 12.8. The number of nitrogens with zero attached hydrogens (tertiary/aromatic N) is 1. The number of carbonyl (C=O) groups excluding carboxylic acids is 1. The summed E-state index contributed by atoms with van der Waals surface area (Å²) >= 11 is 0. The lowest BCUT2D eigenvalue weighted by Crippen LogP contribution is -2.46. The average Bonchev–Trinajstić information content (AvgIpc) is 3.27. The van der Waals surface area contributed by atoms with Gasteiger partial charge in [0, 0.05) is 18.0 Å². The van der Waals surface area contributed by atoms with Gasteiger partial charge in [-0.3, -0.25) is 4.79 Å². The largest absolute Gasteiger partial charge is 0.336 e. The molecule has 4 heteroatoms. The molecule has 1 amide bonds. The predicted molar refractivity (Wildman–Crippen MR) is 79.2 cm³/mol. The number of hydrogen-bond donors (Lipinski definition) is 1. The van der Waals surface area contributed by atoms with E-state index < -0.39 is 0 Å². The molecule has 1 unspecified atom stereocenters. The predicted octanol–water partition coefficient (Wildman–Crippen LogP) is 2.57. The molecule has 3 atom stereocenters. The van der Waals surface area contributed by atoms with E-state index in [4.69, 9.17) is 5.73 Å². The van der Waals surface area contributed by atoms with Crippen LogP contribution in [0.5, 0.6) is 0 Å². The van der Waals surface area contributed by atoms with Gasteiger partial charge in [0.15, 0.2) is 0 Å². The topological polar surface area (TPSA) is 46.3 Å². The van der Waals surface area contributed by atoms with Gasteiger partial charge >= 0.3 is 0 Å². The highest BCUT2D eigenvalue weighted by molar-refractivity contribution is 5.85. The van der Waals surface area contributed by atoms with E-state index in [1.807, 2.05) is 0 Å². The van der Waals surface area contributed by atoms with Crippen LogP contribution in [0.2, 0.25) is 0 Å². The van der Waals surface area contributed by atoms with Crippen LogP contribution in [-0.4, -0.2) is 29.4 Å². The van der Waals surface area contributed by atoms with Crippen LogP contribution in [-0.2, 0) is 4.79 Å². The molecular formula is C15H27ClN2O. The quantitative estimate of drug-likeness (QED) is 0.844. The second kappa shape index (κ2) is 6.01. The molecule has 3 aliphatic carbocycles. The zero-order valence-electron chi connectivity index (χ0n) is 11.9. The van der Waals surface area contributed by atoms with E-state index in [1.54, 1.807) is 0 Å². The van der Waals surface area contributed by atoms with Crippen LogP contribution in [0.25, 0.3) is 0 Å². The fourth-order valence-corrected chi connectivity index (χ4v) is 3.71. The Morgan fingerprint density at radius 1 is 1.21 bits per heavy atom. The maximum Gasteiger partial charge on any atom is 0.226 e. The molecule has 3 saturated carbocycles. The second-order valence-electron chi connectivity index (χ2n) is 6.59. The van der Waals surface area contributed by atoms with Crippen molar-refractivity contribution in [2.24, 2.45) is 23.5 Å². The summed E-state index contributed by atoms with van der Waals surface area (Å²) in [6.07, 6.45) is 8.51. The van der Waals surface area contributed by atoms with Crippen LogP contribution in [0.1, 0.15) is 51.9 Å². The maximum absolute atomic E-state index is 12.8. The highest BCUT2D eigenvalue weighted by Gasteiger charge is 2.45. The molecule has 110 valence electrons. The van der Waals surface area contributed by atoms with Gasteiger partial charge in [-0.1, -0.05) is 6.42 Å². The fraction of sp³-hybridized carbons (Fsp3) is 0.933. The van der Waals surface area contributed by atoms with Crippen molar-refractivity contribution in [3.8, 4) is 0 Å². The van der Waals surface area contributed by atoms with Crippen molar-refractivity contribution in [3.63, 3.8) is 0 Å². The van der Waals surface area contributed by atoms with Gasteiger partial charge in [-0.05, 0) is 63.8 Å². The zero-order chi connectivity index (χ0) is 12.7. The van der Waals surface area contributed by atoms with Crippen molar-refractivity contribution >= 4 is 18.3 Å². The summed E-state index contributed by atoms with van der Waals surface area (Å²) in [7, 11) is 0. The van der Waals surface area contributed by atoms with E-state index >= 15 is 0 Å². The molecule has 19 heavy (non-hydrogen) atoms. The summed E-state index contributed by atoms with van der Waals surface area (Å²) in [5.74, 6) is 1.90. The molecule has 0 bridgehead atoms. The lowest BCUT2D eigenvalue weighted by Gasteiger charge is -2.33. The van der Waals surface area contributed by atoms with E-state index in [0.29, 0.717) is 30.5 Å². The molecule has 0 aromatic heterocycles. The highest BCUT2D eigenvalue weighted by atomic mass is 35.5. The van der Waals surface area contributed by atoms with Crippen molar-refractivity contribution in [1.29, 1.82) is 0 Å². The van der Waals surface area contributed by atoms with Gasteiger partial charge in [0.2, 0.25) is 5.91 Å². The Labute approximate surface area is 122 Å². The summed E-state index contributed by atoms with van der Waals surface area (Å²) in [5.41, 5.74) is 5.83.